The molecule has 0 amide bonds. The van der Waals surface area contributed by atoms with Crippen LogP contribution in [-0.2, 0) is 5.41 Å². The van der Waals surface area contributed by atoms with E-state index in [4.69, 9.17) is 4.74 Å². The van der Waals surface area contributed by atoms with Crippen LogP contribution in [0.1, 0.15) is 25.0 Å². The molecule has 0 radical (unpaired) electrons. The number of para-hydroxylation sites is 2. The summed E-state index contributed by atoms with van der Waals surface area (Å²) in [7, 11) is 0. The Kier molecular flexibility index (Phi) is 5.85. The quantitative estimate of drug-likeness (QED) is 0.202. The summed E-state index contributed by atoms with van der Waals surface area (Å²) >= 11 is 0. The highest BCUT2D eigenvalue weighted by Gasteiger charge is 2.42. The zero-order valence-electron chi connectivity index (χ0n) is 25.8. The highest BCUT2D eigenvalue weighted by molar-refractivity contribution is 6.06. The van der Waals surface area contributed by atoms with Gasteiger partial charge in [0.05, 0.1) is 17.1 Å². The molecule has 2 aliphatic rings. The molecule has 0 bridgehead atoms. The molecule has 0 spiro atoms. The zero-order valence-corrected chi connectivity index (χ0v) is 25.8. The fourth-order valence-corrected chi connectivity index (χ4v) is 7.33. The van der Waals surface area contributed by atoms with Crippen molar-refractivity contribution in [2.75, 3.05) is 9.80 Å². The summed E-state index contributed by atoms with van der Waals surface area (Å²) in [4.78, 5) is 4.81. The van der Waals surface area contributed by atoms with Crippen LogP contribution in [0, 0.1) is 0 Å². The average Bonchev–Trinajstić information content (AvgIpc) is 3.11. The van der Waals surface area contributed by atoms with Crippen LogP contribution in [0.25, 0.3) is 21.9 Å². The Morgan fingerprint density at radius 1 is 0.500 bits per heavy atom. The molecule has 3 nitrogen and oxygen atoms in total. The van der Waals surface area contributed by atoms with Gasteiger partial charge in [-0.25, -0.2) is 0 Å². The first-order valence-electron chi connectivity index (χ1n) is 15.9. The first kappa shape index (κ1) is 26.6. The Hall–Kier alpha value is -5.80. The van der Waals surface area contributed by atoms with Crippen LogP contribution in [0.15, 0.2) is 158 Å². The third-order valence-electron chi connectivity index (χ3n) is 9.60. The lowest BCUT2D eigenvalue weighted by Crippen LogP contribution is -2.32. The minimum Gasteiger partial charge on any atom is -0.453 e. The van der Waals surface area contributed by atoms with E-state index in [-0.39, 0.29) is 5.41 Å². The predicted octanol–water partition coefficient (Wildman–Crippen LogP) is 12.2. The molecule has 7 aromatic carbocycles. The molecule has 3 heteroatoms. The smallest absolute Gasteiger partial charge is 0.152 e. The van der Waals surface area contributed by atoms with Crippen molar-refractivity contribution in [3.63, 3.8) is 0 Å². The normalized spacial score (nSPS) is 13.7. The van der Waals surface area contributed by atoms with E-state index in [9.17, 15) is 0 Å². The number of benzene rings is 7. The summed E-state index contributed by atoms with van der Waals surface area (Å²) in [5.74, 6) is 1.76. The van der Waals surface area contributed by atoms with Crippen molar-refractivity contribution >= 4 is 44.9 Å². The summed E-state index contributed by atoms with van der Waals surface area (Å²) in [6.07, 6.45) is 0. The molecule has 0 N–H and O–H groups in total. The molecule has 0 aromatic heterocycles. The van der Waals surface area contributed by atoms with Crippen LogP contribution >= 0.6 is 0 Å². The van der Waals surface area contributed by atoms with Crippen molar-refractivity contribution in [1.82, 2.24) is 0 Å². The van der Waals surface area contributed by atoms with E-state index in [0.717, 1.165) is 39.9 Å². The molecule has 2 heterocycles. The van der Waals surface area contributed by atoms with E-state index in [0.29, 0.717) is 0 Å². The van der Waals surface area contributed by atoms with Gasteiger partial charge in [-0.3, -0.25) is 0 Å². The van der Waals surface area contributed by atoms with Gasteiger partial charge in [-0.15, -0.1) is 0 Å². The van der Waals surface area contributed by atoms with Gasteiger partial charge in [0, 0.05) is 27.9 Å². The van der Waals surface area contributed by atoms with Gasteiger partial charge in [0.25, 0.3) is 0 Å². The topological polar surface area (TPSA) is 15.7 Å². The van der Waals surface area contributed by atoms with E-state index in [1.54, 1.807) is 0 Å². The Morgan fingerprint density at radius 3 is 1.96 bits per heavy atom. The lowest BCUT2D eigenvalue weighted by atomic mass is 9.73. The van der Waals surface area contributed by atoms with Gasteiger partial charge in [-0.2, -0.15) is 0 Å². The highest BCUT2D eigenvalue weighted by atomic mass is 16.5. The number of fused-ring (bicyclic) bond motifs is 6. The first-order valence-corrected chi connectivity index (χ1v) is 15.9. The second kappa shape index (κ2) is 10.1. The van der Waals surface area contributed by atoms with Crippen LogP contribution in [0.2, 0.25) is 0 Å². The maximum atomic E-state index is 6.65. The third-order valence-corrected chi connectivity index (χ3v) is 9.60. The molecular formula is C43H32N2O. The largest absolute Gasteiger partial charge is 0.453 e. The fraction of sp³-hybridized carbons (Fsp3) is 0.0698. The predicted molar refractivity (Wildman–Crippen MR) is 191 cm³/mol. The SMILES string of the molecule is CC1(C)c2ccc(N(c3ccccc3)c3ccc(-c4ccccc4)cc3)cc2N2c3c(cccc31)Oc1ccc3ccccc3c12. The van der Waals surface area contributed by atoms with Crippen LogP contribution in [-0.4, -0.2) is 0 Å². The molecule has 7 aromatic rings. The van der Waals surface area contributed by atoms with Crippen molar-refractivity contribution in [3.8, 4) is 22.6 Å². The Labute approximate surface area is 269 Å². The molecule has 0 saturated carbocycles. The van der Waals surface area contributed by atoms with E-state index in [1.165, 1.54) is 38.7 Å². The summed E-state index contributed by atoms with van der Waals surface area (Å²) < 4.78 is 6.65. The minimum absolute atomic E-state index is 0.226. The second-order valence-electron chi connectivity index (χ2n) is 12.6. The van der Waals surface area contributed by atoms with E-state index in [1.807, 2.05) is 0 Å². The molecular weight excluding hydrogens is 560 g/mol. The van der Waals surface area contributed by atoms with Crippen molar-refractivity contribution < 1.29 is 4.74 Å². The van der Waals surface area contributed by atoms with Crippen molar-refractivity contribution in [1.29, 1.82) is 0 Å². The number of rotatable bonds is 4. The second-order valence-corrected chi connectivity index (χ2v) is 12.6. The van der Waals surface area contributed by atoms with Gasteiger partial charge >= 0.3 is 0 Å². The highest BCUT2D eigenvalue weighted by Crippen LogP contribution is 2.61. The molecule has 0 saturated heterocycles. The fourth-order valence-electron chi connectivity index (χ4n) is 7.33. The van der Waals surface area contributed by atoms with Crippen LogP contribution in [0.3, 0.4) is 0 Å². The molecule has 46 heavy (non-hydrogen) atoms. The number of anilines is 6. The van der Waals surface area contributed by atoms with Crippen molar-refractivity contribution in [2.45, 2.75) is 19.3 Å². The molecule has 9 rings (SSSR count). The lowest BCUT2D eigenvalue weighted by molar-refractivity contribution is 0.472. The van der Waals surface area contributed by atoms with Crippen LogP contribution < -0.4 is 14.5 Å². The minimum atomic E-state index is -0.226. The molecule has 2 aliphatic heterocycles. The lowest BCUT2D eigenvalue weighted by Gasteiger charge is -2.45. The van der Waals surface area contributed by atoms with Crippen LogP contribution in [0.5, 0.6) is 11.5 Å². The number of hydrogen-bond acceptors (Lipinski definition) is 3. The summed E-state index contributed by atoms with van der Waals surface area (Å²) in [5, 5.41) is 2.37. The van der Waals surface area contributed by atoms with Gasteiger partial charge in [-0.1, -0.05) is 123 Å². The van der Waals surface area contributed by atoms with Gasteiger partial charge < -0.3 is 14.5 Å². The molecule has 0 atom stereocenters. The Morgan fingerprint density at radius 2 is 1.15 bits per heavy atom. The van der Waals surface area contributed by atoms with Crippen molar-refractivity contribution in [2.24, 2.45) is 0 Å². The van der Waals surface area contributed by atoms with E-state index < -0.39 is 0 Å². The van der Waals surface area contributed by atoms with E-state index >= 15 is 0 Å². The van der Waals surface area contributed by atoms with Crippen molar-refractivity contribution in [3.05, 3.63) is 169 Å². The van der Waals surface area contributed by atoms with Crippen LogP contribution in [0.4, 0.5) is 34.1 Å². The van der Waals surface area contributed by atoms with Gasteiger partial charge in [0.1, 0.15) is 0 Å². The number of hydrogen-bond donors (Lipinski definition) is 0. The summed E-state index contributed by atoms with van der Waals surface area (Å²) in [6, 6.07) is 56.4. The van der Waals surface area contributed by atoms with Gasteiger partial charge in [0.15, 0.2) is 11.5 Å². The summed E-state index contributed by atoms with van der Waals surface area (Å²) in [6.45, 7) is 4.66. The Bertz CT molecular complexity index is 2260. The molecule has 0 aliphatic carbocycles. The Balaban J connectivity index is 1.27. The monoisotopic (exact) mass is 592 g/mol. The van der Waals surface area contributed by atoms with E-state index in [2.05, 4.69) is 181 Å². The maximum Gasteiger partial charge on any atom is 0.152 e. The molecule has 0 fully saturated rings. The molecule has 0 unspecified atom stereocenters. The third kappa shape index (κ3) is 3.98. The van der Waals surface area contributed by atoms with Gasteiger partial charge in [-0.05, 0) is 76.2 Å². The van der Waals surface area contributed by atoms with Gasteiger partial charge in [0.2, 0.25) is 0 Å². The summed E-state index contributed by atoms with van der Waals surface area (Å²) in [5.41, 5.74) is 11.4. The number of nitrogens with zero attached hydrogens (tertiary/aromatic N) is 2. The first-order chi connectivity index (χ1) is 22.6. The molecule has 220 valence electrons. The standard InChI is InChI=1S/C43H32N2O/c1-43(2)36-26-25-34(44(32-15-7-4-8-16-32)33-23-20-30(21-24-33)29-12-5-3-6-13-29)28-38(36)45-41-35-17-10-9-14-31(35)22-27-40(41)46-39-19-11-18-37(43)42(39)45/h3-28H,1-2H3. The maximum absolute atomic E-state index is 6.65. The zero-order chi connectivity index (χ0) is 30.8. The average molecular weight is 593 g/mol. The number of ether oxygens (including phenoxy) is 1.